The minimum absolute atomic E-state index is 0.875. The van der Waals surface area contributed by atoms with Crippen LogP contribution in [0.2, 0.25) is 0 Å². The van der Waals surface area contributed by atoms with Crippen molar-refractivity contribution in [3.05, 3.63) is 34.2 Å². The number of H-pyrrole nitrogens is 1. The summed E-state index contributed by atoms with van der Waals surface area (Å²) in [6, 6.07) is 8.06. The van der Waals surface area contributed by atoms with Gasteiger partial charge in [0.2, 0.25) is 0 Å². The molecule has 3 rings (SSSR count). The summed E-state index contributed by atoms with van der Waals surface area (Å²) < 4.78 is 6.23. The topological polar surface area (TPSA) is 37.9 Å². The maximum Gasteiger partial charge on any atom is 0.125 e. The van der Waals surface area contributed by atoms with E-state index in [2.05, 4.69) is 32.6 Å². The zero-order chi connectivity index (χ0) is 11.1. The van der Waals surface area contributed by atoms with Gasteiger partial charge in [-0.1, -0.05) is 0 Å². The van der Waals surface area contributed by atoms with Crippen LogP contribution in [0.3, 0.4) is 0 Å². The molecular weight excluding hydrogens is 315 g/mol. The van der Waals surface area contributed by atoms with Crippen LogP contribution >= 0.6 is 22.6 Å². The van der Waals surface area contributed by atoms with Gasteiger partial charge in [-0.25, -0.2) is 4.98 Å². The number of aromatic nitrogens is 2. The van der Waals surface area contributed by atoms with E-state index in [1.165, 1.54) is 10.8 Å². The van der Waals surface area contributed by atoms with Gasteiger partial charge in [-0.3, -0.25) is 0 Å². The van der Waals surface area contributed by atoms with Crippen LogP contribution in [-0.4, -0.2) is 17.1 Å². The number of nitrogens with zero attached hydrogens (tertiary/aromatic N) is 1. The predicted octanol–water partition coefficient (Wildman–Crippen LogP) is 3.33. The number of hydrogen-bond acceptors (Lipinski definition) is 2. The highest BCUT2D eigenvalue weighted by Crippen LogP contribution is 2.29. The molecule has 0 aliphatic carbocycles. The number of halogens is 1. The lowest BCUT2D eigenvalue weighted by Gasteiger charge is -1.98. The highest BCUT2D eigenvalue weighted by molar-refractivity contribution is 14.1. The molecule has 0 bridgehead atoms. The first-order chi connectivity index (χ1) is 7.79. The second kappa shape index (κ2) is 3.62. The number of rotatable bonds is 1. The summed E-state index contributed by atoms with van der Waals surface area (Å²) in [7, 11) is 1.68. The molecule has 80 valence electrons. The van der Waals surface area contributed by atoms with Crippen molar-refractivity contribution in [3.63, 3.8) is 0 Å². The van der Waals surface area contributed by atoms with Gasteiger partial charge in [0.1, 0.15) is 9.45 Å². The number of hydrogen-bond donors (Lipinski definition) is 1. The molecule has 3 aromatic rings. The van der Waals surface area contributed by atoms with E-state index in [1.54, 1.807) is 7.11 Å². The summed E-state index contributed by atoms with van der Waals surface area (Å²) in [6.45, 7) is 0. The minimum Gasteiger partial charge on any atom is -0.497 e. The third kappa shape index (κ3) is 1.36. The van der Waals surface area contributed by atoms with E-state index in [1.807, 2.05) is 30.5 Å². The van der Waals surface area contributed by atoms with Gasteiger partial charge < -0.3 is 9.72 Å². The fourth-order valence-corrected chi connectivity index (χ4v) is 2.48. The van der Waals surface area contributed by atoms with E-state index in [0.29, 0.717) is 0 Å². The van der Waals surface area contributed by atoms with Crippen molar-refractivity contribution < 1.29 is 4.74 Å². The number of pyridine rings is 1. The number of aromatic amines is 1. The van der Waals surface area contributed by atoms with Crippen LogP contribution in [0.25, 0.3) is 21.8 Å². The summed E-state index contributed by atoms with van der Waals surface area (Å²) in [4.78, 5) is 7.64. The smallest absolute Gasteiger partial charge is 0.125 e. The SMILES string of the molecule is COc1ccc2[nH]c3c(I)nccc3c2c1. The molecule has 1 N–H and O–H groups in total. The van der Waals surface area contributed by atoms with E-state index in [0.717, 1.165) is 20.5 Å². The monoisotopic (exact) mass is 324 g/mol. The predicted molar refractivity (Wildman–Crippen MR) is 72.9 cm³/mol. The molecular formula is C12H9IN2O. The van der Waals surface area contributed by atoms with E-state index in [-0.39, 0.29) is 0 Å². The highest BCUT2D eigenvalue weighted by atomic mass is 127. The quantitative estimate of drug-likeness (QED) is 0.551. The fourth-order valence-electron chi connectivity index (χ4n) is 1.90. The Bertz CT molecular complexity index is 675. The maximum atomic E-state index is 5.24. The molecule has 1 aromatic carbocycles. The van der Waals surface area contributed by atoms with Gasteiger partial charge >= 0.3 is 0 Å². The Morgan fingerprint density at radius 2 is 2.12 bits per heavy atom. The van der Waals surface area contributed by atoms with Crippen molar-refractivity contribution in [2.75, 3.05) is 7.11 Å². The summed E-state index contributed by atoms with van der Waals surface area (Å²) in [5.41, 5.74) is 2.20. The Hall–Kier alpha value is -1.30. The van der Waals surface area contributed by atoms with E-state index < -0.39 is 0 Å². The summed E-state index contributed by atoms with van der Waals surface area (Å²) in [5, 5.41) is 2.36. The van der Waals surface area contributed by atoms with Crippen LogP contribution < -0.4 is 4.74 Å². The van der Waals surface area contributed by atoms with Crippen molar-refractivity contribution >= 4 is 44.4 Å². The van der Waals surface area contributed by atoms with Crippen molar-refractivity contribution in [1.29, 1.82) is 0 Å². The first kappa shape index (κ1) is 9.89. The normalized spacial score (nSPS) is 11.1. The van der Waals surface area contributed by atoms with Gasteiger partial charge in [0, 0.05) is 22.5 Å². The Morgan fingerprint density at radius 3 is 2.94 bits per heavy atom. The second-order valence-corrected chi connectivity index (χ2v) is 4.58. The Kier molecular flexibility index (Phi) is 2.24. The average Bonchev–Trinajstić information content (AvgIpc) is 2.68. The highest BCUT2D eigenvalue weighted by Gasteiger charge is 2.07. The standard InChI is InChI=1S/C12H9IN2O/c1-16-7-2-3-10-9(6-7)8-4-5-14-12(13)11(8)15-10/h2-6,15H,1H3. The van der Waals surface area contributed by atoms with Gasteiger partial charge in [-0.2, -0.15) is 0 Å². The number of ether oxygens (including phenoxy) is 1. The first-order valence-electron chi connectivity index (χ1n) is 4.89. The Morgan fingerprint density at radius 1 is 1.25 bits per heavy atom. The van der Waals surface area contributed by atoms with E-state index in [9.17, 15) is 0 Å². The largest absolute Gasteiger partial charge is 0.497 e. The molecule has 4 heteroatoms. The Balaban J connectivity index is 2.47. The number of nitrogens with one attached hydrogen (secondary N) is 1. The van der Waals surface area contributed by atoms with Crippen LogP contribution in [0.1, 0.15) is 0 Å². The molecule has 0 fully saturated rings. The molecule has 0 saturated heterocycles. The van der Waals surface area contributed by atoms with Gasteiger partial charge in [0.05, 0.1) is 12.6 Å². The molecule has 0 spiro atoms. The van der Waals surface area contributed by atoms with E-state index in [4.69, 9.17) is 4.74 Å². The van der Waals surface area contributed by atoms with Crippen LogP contribution in [0.4, 0.5) is 0 Å². The summed E-state index contributed by atoms with van der Waals surface area (Å²) in [6.07, 6.45) is 1.83. The fraction of sp³-hybridized carbons (Fsp3) is 0.0833. The molecule has 0 saturated carbocycles. The molecule has 2 aromatic heterocycles. The molecule has 0 amide bonds. The molecule has 0 radical (unpaired) electrons. The maximum absolute atomic E-state index is 5.24. The lowest BCUT2D eigenvalue weighted by molar-refractivity contribution is 0.415. The van der Waals surface area contributed by atoms with Gasteiger partial charge in [-0.15, -0.1) is 0 Å². The molecule has 16 heavy (non-hydrogen) atoms. The first-order valence-corrected chi connectivity index (χ1v) is 5.97. The third-order valence-electron chi connectivity index (χ3n) is 2.68. The number of benzene rings is 1. The van der Waals surface area contributed by atoms with Crippen molar-refractivity contribution in [3.8, 4) is 5.75 Å². The van der Waals surface area contributed by atoms with E-state index >= 15 is 0 Å². The minimum atomic E-state index is 0.875. The molecule has 0 aliphatic heterocycles. The van der Waals surface area contributed by atoms with Gasteiger partial charge in [0.25, 0.3) is 0 Å². The number of fused-ring (bicyclic) bond motifs is 3. The molecule has 0 unspecified atom stereocenters. The van der Waals surface area contributed by atoms with Gasteiger partial charge in [-0.05, 0) is 46.9 Å². The lowest BCUT2D eigenvalue weighted by Crippen LogP contribution is -1.80. The average molecular weight is 324 g/mol. The molecule has 0 aliphatic rings. The lowest BCUT2D eigenvalue weighted by atomic mass is 10.2. The zero-order valence-corrected chi connectivity index (χ0v) is 10.8. The van der Waals surface area contributed by atoms with Crippen LogP contribution in [0.15, 0.2) is 30.5 Å². The van der Waals surface area contributed by atoms with Crippen LogP contribution in [0, 0.1) is 3.70 Å². The van der Waals surface area contributed by atoms with Crippen molar-refractivity contribution in [1.82, 2.24) is 9.97 Å². The van der Waals surface area contributed by atoms with Crippen LogP contribution in [0.5, 0.6) is 5.75 Å². The summed E-state index contributed by atoms with van der Waals surface area (Å²) in [5.74, 6) is 0.875. The summed E-state index contributed by atoms with van der Waals surface area (Å²) >= 11 is 2.24. The molecule has 3 nitrogen and oxygen atoms in total. The van der Waals surface area contributed by atoms with Crippen molar-refractivity contribution in [2.45, 2.75) is 0 Å². The molecule has 2 heterocycles. The third-order valence-corrected chi connectivity index (χ3v) is 3.50. The van der Waals surface area contributed by atoms with Gasteiger partial charge in [0.15, 0.2) is 0 Å². The molecule has 0 atom stereocenters. The Labute approximate surface area is 106 Å². The number of methoxy groups -OCH3 is 1. The van der Waals surface area contributed by atoms with Crippen molar-refractivity contribution in [2.24, 2.45) is 0 Å². The second-order valence-electron chi connectivity index (χ2n) is 3.56. The van der Waals surface area contributed by atoms with Crippen LogP contribution in [-0.2, 0) is 0 Å². The zero-order valence-electron chi connectivity index (χ0n) is 8.62.